The van der Waals surface area contributed by atoms with Gasteiger partial charge in [0.15, 0.2) is 0 Å². The number of carbonyl (C=O) groups excluding carboxylic acids is 3. The van der Waals surface area contributed by atoms with E-state index in [1.54, 1.807) is 0 Å². The molecule has 32 heavy (non-hydrogen) atoms. The summed E-state index contributed by atoms with van der Waals surface area (Å²) < 4.78 is 5.34. The maximum atomic E-state index is 13.2. The Hall–Kier alpha value is -2.41. The summed E-state index contributed by atoms with van der Waals surface area (Å²) in [7, 11) is 0. The number of benzene rings is 1. The van der Waals surface area contributed by atoms with Gasteiger partial charge in [-0.05, 0) is 37.7 Å². The average Bonchev–Trinajstić information content (AvgIpc) is 2.85. The van der Waals surface area contributed by atoms with Crippen molar-refractivity contribution in [3.05, 3.63) is 35.9 Å². The number of hydrogen-bond acceptors (Lipinski definition) is 4. The highest BCUT2D eigenvalue weighted by atomic mass is 16.5. The first-order valence-electron chi connectivity index (χ1n) is 12.1. The van der Waals surface area contributed by atoms with Crippen LogP contribution in [-0.4, -0.2) is 84.9 Å². The van der Waals surface area contributed by atoms with Crippen LogP contribution >= 0.6 is 0 Å². The zero-order chi connectivity index (χ0) is 22.3. The maximum absolute atomic E-state index is 13.2. The van der Waals surface area contributed by atoms with Crippen LogP contribution in [0.1, 0.15) is 37.7 Å². The molecule has 3 aliphatic heterocycles. The van der Waals surface area contributed by atoms with Crippen molar-refractivity contribution in [1.82, 2.24) is 14.7 Å². The second-order valence-electron chi connectivity index (χ2n) is 9.20. The first-order chi connectivity index (χ1) is 15.6. The number of carbonyl (C=O) groups is 3. The van der Waals surface area contributed by atoms with Crippen molar-refractivity contribution in [2.45, 2.75) is 38.5 Å². The highest BCUT2D eigenvalue weighted by molar-refractivity contribution is 5.84. The zero-order valence-corrected chi connectivity index (χ0v) is 18.9. The highest BCUT2D eigenvalue weighted by Crippen LogP contribution is 2.25. The molecule has 3 fully saturated rings. The van der Waals surface area contributed by atoms with Crippen LogP contribution in [0.15, 0.2) is 30.3 Å². The van der Waals surface area contributed by atoms with Crippen LogP contribution in [0.25, 0.3) is 0 Å². The van der Waals surface area contributed by atoms with E-state index in [0.29, 0.717) is 65.3 Å². The Kier molecular flexibility index (Phi) is 7.79. The van der Waals surface area contributed by atoms with Crippen LogP contribution in [0.4, 0.5) is 0 Å². The predicted molar refractivity (Wildman–Crippen MR) is 121 cm³/mol. The van der Waals surface area contributed by atoms with Gasteiger partial charge in [0.05, 0.1) is 19.1 Å². The van der Waals surface area contributed by atoms with E-state index in [1.807, 2.05) is 32.9 Å². The molecule has 7 nitrogen and oxygen atoms in total. The molecule has 1 aromatic carbocycles. The Labute approximate surface area is 190 Å². The number of likely N-dealkylation sites (tertiary alicyclic amines) is 2. The number of amides is 3. The third-order valence-corrected chi connectivity index (χ3v) is 7.06. The Bertz CT molecular complexity index is 786. The molecule has 3 heterocycles. The van der Waals surface area contributed by atoms with Crippen LogP contribution in [0.5, 0.6) is 0 Å². The van der Waals surface area contributed by atoms with Gasteiger partial charge in [0.2, 0.25) is 17.7 Å². The minimum atomic E-state index is -0.115. The Morgan fingerprint density at radius 2 is 1.53 bits per heavy atom. The van der Waals surface area contributed by atoms with Crippen LogP contribution in [0, 0.1) is 11.8 Å². The average molecular weight is 442 g/mol. The van der Waals surface area contributed by atoms with E-state index < -0.39 is 0 Å². The molecule has 1 atom stereocenters. The number of morpholine rings is 1. The lowest BCUT2D eigenvalue weighted by atomic mass is 9.91. The molecule has 3 aliphatic rings. The van der Waals surface area contributed by atoms with Gasteiger partial charge in [-0.15, -0.1) is 0 Å². The van der Waals surface area contributed by atoms with Gasteiger partial charge in [-0.1, -0.05) is 30.3 Å². The van der Waals surface area contributed by atoms with Crippen molar-refractivity contribution in [2.24, 2.45) is 11.8 Å². The molecule has 0 unspecified atom stereocenters. The largest absolute Gasteiger partial charge is 0.378 e. The molecule has 0 aromatic heterocycles. The molecule has 7 heteroatoms. The smallest absolute Gasteiger partial charge is 0.227 e. The van der Waals surface area contributed by atoms with Gasteiger partial charge in [0.1, 0.15) is 0 Å². The van der Waals surface area contributed by atoms with Crippen LogP contribution in [-0.2, 0) is 25.5 Å². The van der Waals surface area contributed by atoms with Gasteiger partial charge in [-0.3, -0.25) is 14.4 Å². The zero-order valence-electron chi connectivity index (χ0n) is 18.9. The summed E-state index contributed by atoms with van der Waals surface area (Å²) in [6.07, 6.45) is 4.40. The van der Waals surface area contributed by atoms with Gasteiger partial charge in [-0.25, -0.2) is 0 Å². The Morgan fingerprint density at radius 3 is 2.25 bits per heavy atom. The number of nitrogens with zero attached hydrogens (tertiary/aromatic N) is 3. The minimum absolute atomic E-state index is 0.0135. The van der Waals surface area contributed by atoms with Gasteiger partial charge in [-0.2, -0.15) is 0 Å². The lowest BCUT2D eigenvalue weighted by Gasteiger charge is -2.38. The first-order valence-corrected chi connectivity index (χ1v) is 12.1. The predicted octanol–water partition coefficient (Wildman–Crippen LogP) is 1.96. The van der Waals surface area contributed by atoms with E-state index in [1.165, 1.54) is 5.56 Å². The molecular weight excluding hydrogens is 406 g/mol. The molecule has 0 aliphatic carbocycles. The second kappa shape index (κ2) is 10.9. The summed E-state index contributed by atoms with van der Waals surface area (Å²) in [6.45, 7) is 5.09. The van der Waals surface area contributed by atoms with Crippen LogP contribution < -0.4 is 0 Å². The molecule has 4 rings (SSSR count). The summed E-state index contributed by atoms with van der Waals surface area (Å²) in [5.41, 5.74) is 1.28. The number of aryl methyl sites for hydroxylation is 1. The number of hydrogen-bond donors (Lipinski definition) is 0. The molecular formula is C25H35N3O4. The van der Waals surface area contributed by atoms with Gasteiger partial charge in [0, 0.05) is 51.6 Å². The van der Waals surface area contributed by atoms with E-state index in [4.69, 9.17) is 4.74 Å². The SMILES string of the molecule is O=C1CC[C@H](C(=O)N2CCC(C(=O)N3CCOCC3)CC2)CN1CCCc1ccccc1. The topological polar surface area (TPSA) is 70.2 Å². The summed E-state index contributed by atoms with van der Waals surface area (Å²) in [4.78, 5) is 44.0. The molecule has 3 amide bonds. The number of ether oxygens (including phenoxy) is 1. The fourth-order valence-corrected chi connectivity index (χ4v) is 5.10. The fraction of sp³-hybridized carbons (Fsp3) is 0.640. The lowest BCUT2D eigenvalue weighted by Crippen LogP contribution is -2.51. The summed E-state index contributed by atoms with van der Waals surface area (Å²) in [5, 5.41) is 0. The van der Waals surface area contributed by atoms with E-state index >= 15 is 0 Å². The van der Waals surface area contributed by atoms with Gasteiger partial charge >= 0.3 is 0 Å². The van der Waals surface area contributed by atoms with E-state index in [9.17, 15) is 14.4 Å². The van der Waals surface area contributed by atoms with Crippen LogP contribution in [0.2, 0.25) is 0 Å². The number of piperidine rings is 2. The minimum Gasteiger partial charge on any atom is -0.378 e. The lowest BCUT2D eigenvalue weighted by molar-refractivity contribution is -0.147. The third-order valence-electron chi connectivity index (χ3n) is 7.06. The van der Waals surface area contributed by atoms with Crippen molar-refractivity contribution < 1.29 is 19.1 Å². The third kappa shape index (κ3) is 5.68. The van der Waals surface area contributed by atoms with E-state index in [0.717, 1.165) is 25.7 Å². The molecule has 0 saturated carbocycles. The molecule has 3 saturated heterocycles. The van der Waals surface area contributed by atoms with Crippen molar-refractivity contribution >= 4 is 17.7 Å². The Morgan fingerprint density at radius 1 is 0.875 bits per heavy atom. The standard InChI is InChI=1S/C25H35N3O4/c29-23-9-8-22(19-28(23)12-4-7-20-5-2-1-3-6-20)25(31)26-13-10-21(11-14-26)24(30)27-15-17-32-18-16-27/h1-3,5-6,21-22H,4,7-19H2/t22-/m0/s1. The van der Waals surface area contributed by atoms with Gasteiger partial charge < -0.3 is 19.4 Å². The maximum Gasteiger partial charge on any atom is 0.227 e. The fourth-order valence-electron chi connectivity index (χ4n) is 5.10. The van der Waals surface area contributed by atoms with Crippen molar-refractivity contribution in [2.75, 3.05) is 52.5 Å². The van der Waals surface area contributed by atoms with E-state index in [-0.39, 0.29) is 29.6 Å². The molecule has 0 N–H and O–H groups in total. The normalized spacial score (nSPS) is 22.8. The van der Waals surface area contributed by atoms with Gasteiger partial charge in [0.25, 0.3) is 0 Å². The van der Waals surface area contributed by atoms with Crippen molar-refractivity contribution in [3.8, 4) is 0 Å². The Balaban J connectivity index is 1.23. The molecule has 174 valence electrons. The second-order valence-corrected chi connectivity index (χ2v) is 9.20. The van der Waals surface area contributed by atoms with Crippen molar-refractivity contribution in [1.29, 1.82) is 0 Å². The molecule has 1 aromatic rings. The quantitative estimate of drug-likeness (QED) is 0.677. The molecule has 0 bridgehead atoms. The summed E-state index contributed by atoms with van der Waals surface area (Å²) in [5.74, 6) is 0.434. The van der Waals surface area contributed by atoms with E-state index in [2.05, 4.69) is 12.1 Å². The first kappa shape index (κ1) is 22.8. The highest BCUT2D eigenvalue weighted by Gasteiger charge is 2.36. The van der Waals surface area contributed by atoms with Crippen molar-refractivity contribution in [3.63, 3.8) is 0 Å². The summed E-state index contributed by atoms with van der Waals surface area (Å²) >= 11 is 0. The number of rotatable bonds is 6. The summed E-state index contributed by atoms with van der Waals surface area (Å²) in [6, 6.07) is 10.3. The molecule has 0 spiro atoms. The van der Waals surface area contributed by atoms with Crippen LogP contribution in [0.3, 0.4) is 0 Å². The monoisotopic (exact) mass is 441 g/mol. The molecule has 0 radical (unpaired) electrons.